The van der Waals surface area contributed by atoms with Crippen LogP contribution in [-0.2, 0) is 13.1 Å². The largest absolute Gasteiger partial charge is 0.494 e. The first-order valence-corrected chi connectivity index (χ1v) is 12.6. The molecule has 0 saturated heterocycles. The summed E-state index contributed by atoms with van der Waals surface area (Å²) < 4.78 is 14.5. The Morgan fingerprint density at radius 2 is 2.11 bits per heavy atom. The van der Waals surface area contributed by atoms with Gasteiger partial charge in [-0.3, -0.25) is 14.2 Å². The van der Waals surface area contributed by atoms with Crippen molar-refractivity contribution in [2.45, 2.75) is 13.1 Å². The third-order valence-corrected chi connectivity index (χ3v) is 7.16. The highest BCUT2D eigenvalue weighted by molar-refractivity contribution is 7.16. The Kier molecular flexibility index (Phi) is 6.58. The third-order valence-electron chi connectivity index (χ3n) is 5.25. The normalized spacial score (nSPS) is 11.0. The van der Waals surface area contributed by atoms with Crippen LogP contribution in [0.2, 0.25) is 4.34 Å². The molecule has 0 spiro atoms. The fourth-order valence-electron chi connectivity index (χ4n) is 3.61. The number of pyridine rings is 1. The van der Waals surface area contributed by atoms with Crippen molar-refractivity contribution in [1.82, 2.24) is 14.3 Å². The van der Waals surface area contributed by atoms with E-state index in [9.17, 15) is 9.59 Å². The second-order valence-electron chi connectivity index (χ2n) is 7.46. The number of furan rings is 1. The molecule has 0 bridgehead atoms. The highest BCUT2D eigenvalue weighted by atomic mass is 35.5. The number of nitrogens with one attached hydrogen (secondary N) is 1. The summed E-state index contributed by atoms with van der Waals surface area (Å²) in [6, 6.07) is 13.8. The fraction of sp³-hybridized carbons (Fsp3) is 0.125. The Morgan fingerprint density at radius 3 is 2.80 bits per heavy atom. The SMILES string of the molecule is COc1ccc(=O)n(Cc2ccco2)c1-c1cc(NCc2ccc(Cl)s2)n(C(=O)c2ccsc2)n1. The lowest BCUT2D eigenvalue weighted by atomic mass is 10.2. The Hall–Kier alpha value is -3.60. The van der Waals surface area contributed by atoms with Gasteiger partial charge in [-0.1, -0.05) is 11.6 Å². The molecule has 0 atom stereocenters. The molecule has 11 heteroatoms. The zero-order chi connectivity index (χ0) is 24.4. The number of rotatable bonds is 8. The zero-order valence-electron chi connectivity index (χ0n) is 18.4. The quantitative estimate of drug-likeness (QED) is 0.289. The number of ether oxygens (including phenoxy) is 1. The zero-order valence-corrected chi connectivity index (χ0v) is 20.8. The number of anilines is 1. The Morgan fingerprint density at radius 1 is 1.23 bits per heavy atom. The van der Waals surface area contributed by atoms with Crippen LogP contribution in [0, 0.1) is 0 Å². The van der Waals surface area contributed by atoms with Crippen LogP contribution in [0.25, 0.3) is 11.4 Å². The van der Waals surface area contributed by atoms with Crippen LogP contribution in [0.15, 0.2) is 74.8 Å². The molecule has 5 aromatic heterocycles. The molecule has 35 heavy (non-hydrogen) atoms. The van der Waals surface area contributed by atoms with Gasteiger partial charge in [0.25, 0.3) is 11.5 Å². The highest BCUT2D eigenvalue weighted by Gasteiger charge is 2.22. The van der Waals surface area contributed by atoms with Crippen molar-refractivity contribution in [3.8, 4) is 17.1 Å². The molecule has 178 valence electrons. The van der Waals surface area contributed by atoms with Gasteiger partial charge in [-0.2, -0.15) is 21.1 Å². The molecule has 5 heterocycles. The van der Waals surface area contributed by atoms with Gasteiger partial charge in [0.2, 0.25) is 0 Å². The number of halogens is 1. The van der Waals surface area contributed by atoms with Gasteiger partial charge in [-0.05, 0) is 41.8 Å². The van der Waals surface area contributed by atoms with Crippen LogP contribution in [0.3, 0.4) is 0 Å². The van der Waals surface area contributed by atoms with Crippen molar-refractivity contribution in [3.63, 3.8) is 0 Å². The molecule has 5 aromatic rings. The van der Waals surface area contributed by atoms with Crippen molar-refractivity contribution in [2.75, 3.05) is 12.4 Å². The minimum atomic E-state index is -0.293. The number of hydrogen-bond acceptors (Lipinski definition) is 8. The molecule has 0 aliphatic carbocycles. The molecular formula is C24H19ClN4O4S2. The van der Waals surface area contributed by atoms with E-state index in [0.29, 0.717) is 45.2 Å². The van der Waals surface area contributed by atoms with E-state index in [1.165, 1.54) is 45.1 Å². The lowest BCUT2D eigenvalue weighted by Gasteiger charge is -2.13. The number of thiophene rings is 2. The van der Waals surface area contributed by atoms with Crippen LogP contribution < -0.4 is 15.6 Å². The number of carbonyl (C=O) groups excluding carboxylic acids is 1. The first kappa shape index (κ1) is 23.2. The summed E-state index contributed by atoms with van der Waals surface area (Å²) in [4.78, 5) is 27.2. The lowest BCUT2D eigenvalue weighted by Crippen LogP contribution is -2.22. The maximum atomic E-state index is 13.3. The van der Waals surface area contributed by atoms with E-state index in [1.807, 2.05) is 17.5 Å². The van der Waals surface area contributed by atoms with Crippen molar-refractivity contribution < 1.29 is 13.9 Å². The molecule has 1 N–H and O–H groups in total. The molecule has 0 radical (unpaired) electrons. The highest BCUT2D eigenvalue weighted by Crippen LogP contribution is 2.31. The maximum absolute atomic E-state index is 13.3. The van der Waals surface area contributed by atoms with E-state index < -0.39 is 0 Å². The fourth-order valence-corrected chi connectivity index (χ4v) is 5.27. The standard InChI is InChI=1S/C24H19ClN4O4S2/c1-32-19-5-7-22(30)28(13-16-3-2-9-33-16)23(19)18-11-21(26-12-17-4-6-20(25)35-17)29(27-18)24(31)15-8-10-34-14-15/h2-11,14,26H,12-13H2,1H3. The van der Waals surface area contributed by atoms with Gasteiger partial charge < -0.3 is 14.5 Å². The van der Waals surface area contributed by atoms with Gasteiger partial charge in [0.15, 0.2) is 0 Å². The summed E-state index contributed by atoms with van der Waals surface area (Å²) in [5.74, 6) is 1.23. The number of methoxy groups -OCH3 is 1. The molecule has 0 fully saturated rings. The topological polar surface area (TPSA) is 91.3 Å². The molecule has 0 saturated carbocycles. The Bertz CT molecular complexity index is 1520. The van der Waals surface area contributed by atoms with Crippen LogP contribution in [0.1, 0.15) is 21.0 Å². The number of carbonyl (C=O) groups is 1. The number of nitrogens with zero attached hydrogens (tertiary/aromatic N) is 3. The minimum Gasteiger partial charge on any atom is -0.494 e. The second-order valence-corrected chi connectivity index (χ2v) is 10.0. The minimum absolute atomic E-state index is 0.181. The Balaban J connectivity index is 1.61. The smallest absolute Gasteiger partial charge is 0.280 e. The van der Waals surface area contributed by atoms with E-state index in [1.54, 1.807) is 42.0 Å². The van der Waals surface area contributed by atoms with Crippen molar-refractivity contribution in [1.29, 1.82) is 0 Å². The Labute approximate surface area is 213 Å². The average molecular weight is 527 g/mol. The average Bonchev–Trinajstić information content (AvgIpc) is 3.66. The van der Waals surface area contributed by atoms with Crippen LogP contribution >= 0.6 is 34.3 Å². The van der Waals surface area contributed by atoms with Crippen molar-refractivity contribution in [3.05, 3.63) is 96.4 Å². The molecule has 5 rings (SSSR count). The van der Waals surface area contributed by atoms with Gasteiger partial charge >= 0.3 is 0 Å². The molecule has 0 unspecified atom stereocenters. The molecule has 0 amide bonds. The summed E-state index contributed by atoms with van der Waals surface area (Å²) in [6.45, 7) is 0.630. The molecular weight excluding hydrogens is 508 g/mol. The van der Waals surface area contributed by atoms with Crippen LogP contribution in [0.4, 0.5) is 5.82 Å². The summed E-state index contributed by atoms with van der Waals surface area (Å²) in [7, 11) is 1.52. The van der Waals surface area contributed by atoms with E-state index >= 15 is 0 Å². The number of hydrogen-bond donors (Lipinski definition) is 1. The van der Waals surface area contributed by atoms with Gasteiger partial charge in [0.05, 0.1) is 36.4 Å². The predicted molar refractivity (Wildman–Crippen MR) is 137 cm³/mol. The molecule has 8 nitrogen and oxygen atoms in total. The second kappa shape index (κ2) is 9.95. The van der Waals surface area contributed by atoms with Crippen LogP contribution in [0.5, 0.6) is 5.75 Å². The third kappa shape index (κ3) is 4.81. The van der Waals surface area contributed by atoms with E-state index in [2.05, 4.69) is 10.4 Å². The first-order chi connectivity index (χ1) is 17.0. The monoisotopic (exact) mass is 526 g/mol. The summed E-state index contributed by atoms with van der Waals surface area (Å²) >= 11 is 8.94. The first-order valence-electron chi connectivity index (χ1n) is 10.5. The summed E-state index contributed by atoms with van der Waals surface area (Å²) in [5.41, 5.74) is 1.11. The van der Waals surface area contributed by atoms with Crippen LogP contribution in [-0.4, -0.2) is 27.4 Å². The number of aromatic nitrogens is 3. The van der Waals surface area contributed by atoms with E-state index in [-0.39, 0.29) is 18.0 Å². The predicted octanol–water partition coefficient (Wildman–Crippen LogP) is 5.44. The van der Waals surface area contributed by atoms with E-state index in [0.717, 1.165) is 4.88 Å². The molecule has 0 aromatic carbocycles. The lowest BCUT2D eigenvalue weighted by molar-refractivity contribution is 0.0948. The molecule has 0 aliphatic rings. The molecule has 0 aliphatic heterocycles. The van der Waals surface area contributed by atoms with Gasteiger partial charge in [-0.25, -0.2) is 0 Å². The van der Waals surface area contributed by atoms with E-state index in [4.69, 9.17) is 20.8 Å². The van der Waals surface area contributed by atoms with Gasteiger partial charge in [-0.15, -0.1) is 11.3 Å². The van der Waals surface area contributed by atoms with Gasteiger partial charge in [0, 0.05) is 22.4 Å². The maximum Gasteiger partial charge on any atom is 0.280 e. The summed E-state index contributed by atoms with van der Waals surface area (Å²) in [5, 5.41) is 11.5. The summed E-state index contributed by atoms with van der Waals surface area (Å²) in [6.07, 6.45) is 1.55. The van der Waals surface area contributed by atoms with Crippen molar-refractivity contribution in [2.24, 2.45) is 0 Å². The van der Waals surface area contributed by atoms with Crippen molar-refractivity contribution >= 4 is 46.0 Å². The van der Waals surface area contributed by atoms with Gasteiger partial charge in [0.1, 0.15) is 28.7 Å².